The Morgan fingerprint density at radius 1 is 1.23 bits per heavy atom. The Labute approximate surface area is 182 Å². The average Bonchev–Trinajstić information content (AvgIpc) is 3.51. The maximum Gasteiger partial charge on any atom is 0.192 e. The van der Waals surface area contributed by atoms with E-state index >= 15 is 0 Å². The summed E-state index contributed by atoms with van der Waals surface area (Å²) in [4.78, 5) is 12.5. The molecule has 0 saturated heterocycles. The van der Waals surface area contributed by atoms with Crippen molar-refractivity contribution in [2.45, 2.75) is 30.6 Å². The minimum absolute atomic E-state index is 0.107. The molecule has 156 valence electrons. The first kappa shape index (κ1) is 20.7. The summed E-state index contributed by atoms with van der Waals surface area (Å²) in [5, 5.41) is 9.67. The number of carbonyl (C=O) groups is 1. The summed E-state index contributed by atoms with van der Waals surface area (Å²) in [6.07, 6.45) is 2.06. The molecular formula is C21H19ClFN3O3S. The Kier molecular flexibility index (Phi) is 6.24. The molecule has 30 heavy (non-hydrogen) atoms. The van der Waals surface area contributed by atoms with Crippen LogP contribution in [0.5, 0.6) is 11.5 Å². The van der Waals surface area contributed by atoms with Crippen molar-refractivity contribution < 1.29 is 18.7 Å². The number of hydrogen-bond donors (Lipinski definition) is 0. The standard InChI is InChI=1S/C21H19ClFN3O3S/c1-28-19-9-6-13(10-16(19)23)17(27)12-30-21-25-24-20(26(21)14-7-8-14)11-29-18-5-3-2-4-15(18)22/h2-6,9-10,14H,7-8,11-12H2,1H3. The third-order valence-corrected chi connectivity index (χ3v) is 5.90. The number of nitrogens with zero attached hydrogens (tertiary/aromatic N) is 3. The van der Waals surface area contributed by atoms with Gasteiger partial charge in [-0.3, -0.25) is 9.36 Å². The minimum atomic E-state index is -0.562. The molecule has 3 aromatic rings. The van der Waals surface area contributed by atoms with Gasteiger partial charge in [-0.25, -0.2) is 4.39 Å². The number of benzene rings is 2. The number of para-hydroxylation sites is 1. The van der Waals surface area contributed by atoms with E-state index < -0.39 is 5.82 Å². The van der Waals surface area contributed by atoms with Crippen LogP contribution in [0.3, 0.4) is 0 Å². The molecule has 0 N–H and O–H groups in total. The largest absolute Gasteiger partial charge is 0.494 e. The van der Waals surface area contributed by atoms with Gasteiger partial charge in [0.2, 0.25) is 0 Å². The number of aromatic nitrogens is 3. The Morgan fingerprint density at radius 3 is 2.73 bits per heavy atom. The molecule has 1 saturated carbocycles. The van der Waals surface area contributed by atoms with Gasteiger partial charge in [0, 0.05) is 11.6 Å². The maximum absolute atomic E-state index is 13.9. The van der Waals surface area contributed by atoms with E-state index in [-0.39, 0.29) is 23.9 Å². The van der Waals surface area contributed by atoms with Gasteiger partial charge in [-0.1, -0.05) is 35.5 Å². The van der Waals surface area contributed by atoms with Crippen LogP contribution in [-0.2, 0) is 6.61 Å². The van der Waals surface area contributed by atoms with Crippen LogP contribution in [-0.4, -0.2) is 33.4 Å². The van der Waals surface area contributed by atoms with Crippen LogP contribution in [0.1, 0.15) is 35.1 Å². The number of methoxy groups -OCH3 is 1. The highest BCUT2D eigenvalue weighted by atomic mass is 35.5. The van der Waals surface area contributed by atoms with Crippen LogP contribution >= 0.6 is 23.4 Å². The normalized spacial score (nSPS) is 13.3. The summed E-state index contributed by atoms with van der Waals surface area (Å²) in [6.45, 7) is 0.228. The summed E-state index contributed by atoms with van der Waals surface area (Å²) < 4.78 is 26.6. The molecule has 9 heteroatoms. The molecule has 4 rings (SSSR count). The molecule has 0 radical (unpaired) electrons. The lowest BCUT2D eigenvalue weighted by molar-refractivity contribution is 0.102. The van der Waals surface area contributed by atoms with Crippen molar-refractivity contribution in [1.29, 1.82) is 0 Å². The van der Waals surface area contributed by atoms with Crippen molar-refractivity contribution >= 4 is 29.1 Å². The number of ketones is 1. The van der Waals surface area contributed by atoms with Crippen LogP contribution in [0.15, 0.2) is 47.6 Å². The van der Waals surface area contributed by atoms with Crippen molar-refractivity contribution in [3.63, 3.8) is 0 Å². The first-order valence-electron chi connectivity index (χ1n) is 9.37. The van der Waals surface area contributed by atoms with E-state index in [9.17, 15) is 9.18 Å². The van der Waals surface area contributed by atoms with Gasteiger partial charge in [-0.05, 0) is 43.2 Å². The zero-order chi connectivity index (χ0) is 21.1. The molecule has 1 heterocycles. The molecule has 2 aromatic carbocycles. The number of hydrogen-bond acceptors (Lipinski definition) is 6. The number of carbonyl (C=O) groups excluding carboxylic acids is 1. The first-order valence-corrected chi connectivity index (χ1v) is 10.7. The van der Waals surface area contributed by atoms with E-state index in [1.807, 2.05) is 16.7 Å². The topological polar surface area (TPSA) is 66.2 Å². The Bertz CT molecular complexity index is 1070. The minimum Gasteiger partial charge on any atom is -0.494 e. The molecule has 1 aromatic heterocycles. The second kappa shape index (κ2) is 9.06. The number of halogens is 2. The van der Waals surface area contributed by atoms with Gasteiger partial charge < -0.3 is 9.47 Å². The summed E-state index contributed by atoms with van der Waals surface area (Å²) in [5.74, 6) is 0.741. The smallest absolute Gasteiger partial charge is 0.192 e. The predicted octanol–water partition coefficient (Wildman–Crippen LogP) is 4.97. The number of thioether (sulfide) groups is 1. The second-order valence-corrected chi connectivity index (χ2v) is 8.13. The predicted molar refractivity (Wildman–Crippen MR) is 112 cm³/mol. The molecule has 0 amide bonds. The van der Waals surface area contributed by atoms with Crippen molar-refractivity contribution in [3.05, 3.63) is 64.7 Å². The van der Waals surface area contributed by atoms with E-state index in [4.69, 9.17) is 21.1 Å². The molecule has 1 aliphatic rings. The summed E-state index contributed by atoms with van der Waals surface area (Å²) in [6, 6.07) is 11.7. The van der Waals surface area contributed by atoms with Gasteiger partial charge >= 0.3 is 0 Å². The lowest BCUT2D eigenvalue weighted by Gasteiger charge is -2.10. The van der Waals surface area contributed by atoms with Crippen LogP contribution in [0, 0.1) is 5.82 Å². The second-order valence-electron chi connectivity index (χ2n) is 6.78. The molecule has 0 spiro atoms. The summed E-state index contributed by atoms with van der Waals surface area (Å²) in [5.41, 5.74) is 0.292. The summed E-state index contributed by atoms with van der Waals surface area (Å²) >= 11 is 7.42. The zero-order valence-corrected chi connectivity index (χ0v) is 17.8. The fourth-order valence-electron chi connectivity index (χ4n) is 2.96. The average molecular weight is 448 g/mol. The van der Waals surface area contributed by atoms with Gasteiger partial charge in [-0.2, -0.15) is 0 Å². The Morgan fingerprint density at radius 2 is 2.03 bits per heavy atom. The van der Waals surface area contributed by atoms with Gasteiger partial charge in [-0.15, -0.1) is 10.2 Å². The monoisotopic (exact) mass is 447 g/mol. The fraction of sp³-hybridized carbons (Fsp3) is 0.286. The van der Waals surface area contributed by atoms with Crippen LogP contribution in [0.2, 0.25) is 5.02 Å². The lowest BCUT2D eigenvalue weighted by atomic mass is 10.1. The molecule has 0 unspecified atom stereocenters. The van der Waals surface area contributed by atoms with E-state index in [2.05, 4.69) is 10.2 Å². The molecule has 0 atom stereocenters. The number of Topliss-reactive ketones (excluding diaryl/α,β-unsaturated/α-hetero) is 1. The number of rotatable bonds is 9. The molecule has 0 aliphatic heterocycles. The molecule has 1 aliphatic carbocycles. The SMILES string of the molecule is COc1ccc(C(=O)CSc2nnc(COc3ccccc3Cl)n2C2CC2)cc1F. The highest BCUT2D eigenvalue weighted by Crippen LogP contribution is 2.39. The summed E-state index contributed by atoms with van der Waals surface area (Å²) in [7, 11) is 1.38. The zero-order valence-electron chi connectivity index (χ0n) is 16.2. The first-order chi connectivity index (χ1) is 14.6. The molecule has 6 nitrogen and oxygen atoms in total. The van der Waals surface area contributed by atoms with Crippen LogP contribution in [0.4, 0.5) is 4.39 Å². The molecule has 0 bridgehead atoms. The maximum atomic E-state index is 13.9. The van der Waals surface area contributed by atoms with E-state index in [0.29, 0.717) is 33.4 Å². The van der Waals surface area contributed by atoms with Crippen molar-refractivity contribution in [2.24, 2.45) is 0 Å². The van der Waals surface area contributed by atoms with E-state index in [0.717, 1.165) is 12.8 Å². The lowest BCUT2D eigenvalue weighted by Crippen LogP contribution is -2.08. The van der Waals surface area contributed by atoms with E-state index in [1.54, 1.807) is 18.2 Å². The van der Waals surface area contributed by atoms with Gasteiger partial charge in [0.25, 0.3) is 0 Å². The quantitative estimate of drug-likeness (QED) is 0.341. The Hall–Kier alpha value is -2.58. The van der Waals surface area contributed by atoms with Crippen molar-refractivity contribution in [1.82, 2.24) is 14.8 Å². The molecular weight excluding hydrogens is 429 g/mol. The van der Waals surface area contributed by atoms with Crippen molar-refractivity contribution in [3.8, 4) is 11.5 Å². The van der Waals surface area contributed by atoms with Gasteiger partial charge in [0.15, 0.2) is 28.3 Å². The van der Waals surface area contributed by atoms with Crippen LogP contribution in [0.25, 0.3) is 0 Å². The third kappa shape index (κ3) is 4.60. The highest BCUT2D eigenvalue weighted by Gasteiger charge is 2.30. The highest BCUT2D eigenvalue weighted by molar-refractivity contribution is 7.99. The number of ether oxygens (including phenoxy) is 2. The molecule has 1 fully saturated rings. The Balaban J connectivity index is 1.44. The third-order valence-electron chi connectivity index (χ3n) is 4.65. The van der Waals surface area contributed by atoms with Crippen LogP contribution < -0.4 is 9.47 Å². The fourth-order valence-corrected chi connectivity index (χ4v) is 4.07. The van der Waals surface area contributed by atoms with E-state index in [1.165, 1.54) is 31.0 Å². The van der Waals surface area contributed by atoms with Gasteiger partial charge in [0.05, 0.1) is 17.9 Å². The van der Waals surface area contributed by atoms with Gasteiger partial charge in [0.1, 0.15) is 12.4 Å². The van der Waals surface area contributed by atoms with Crippen molar-refractivity contribution in [2.75, 3.05) is 12.9 Å².